The quantitative estimate of drug-likeness (QED) is 0.766. The number of amides is 1. The van der Waals surface area contributed by atoms with Crippen molar-refractivity contribution < 1.29 is 9.53 Å². The maximum absolute atomic E-state index is 12.5. The first kappa shape index (κ1) is 17.5. The summed E-state index contributed by atoms with van der Waals surface area (Å²) in [5.41, 5.74) is 6.97. The minimum atomic E-state index is -0.0106. The lowest BCUT2D eigenvalue weighted by atomic mass is 9.81. The molecule has 1 atom stereocenters. The first-order chi connectivity index (χ1) is 12.9. The van der Waals surface area contributed by atoms with Crippen LogP contribution in [-0.4, -0.2) is 28.0 Å². The van der Waals surface area contributed by atoms with Crippen LogP contribution in [0.15, 0.2) is 24.3 Å². The van der Waals surface area contributed by atoms with Gasteiger partial charge < -0.3 is 10.1 Å². The van der Waals surface area contributed by atoms with E-state index in [1.807, 2.05) is 13.1 Å². The smallest absolute Gasteiger partial charge is 0.225 e. The van der Waals surface area contributed by atoms with Crippen LogP contribution < -0.4 is 10.1 Å². The predicted molar refractivity (Wildman–Crippen MR) is 105 cm³/mol. The lowest BCUT2D eigenvalue weighted by Crippen LogP contribution is -2.24. The zero-order valence-corrected chi connectivity index (χ0v) is 16.3. The number of rotatable bonds is 3. The number of carbonyl (C=O) groups is 1. The number of anilines is 1. The van der Waals surface area contributed by atoms with Crippen molar-refractivity contribution >= 4 is 22.6 Å². The van der Waals surface area contributed by atoms with E-state index >= 15 is 0 Å². The second kappa shape index (κ2) is 6.37. The summed E-state index contributed by atoms with van der Waals surface area (Å²) in [5, 5.41) is 11.4. The SMILES string of the molecule is COc1cc(C)c(C2CC(=O)Nc3c2ccc2c3nnn2C)cc1C(C)C. The van der Waals surface area contributed by atoms with Gasteiger partial charge in [0, 0.05) is 19.4 Å². The maximum Gasteiger partial charge on any atom is 0.225 e. The van der Waals surface area contributed by atoms with E-state index in [1.54, 1.807) is 11.8 Å². The Morgan fingerprint density at radius 2 is 2.04 bits per heavy atom. The maximum atomic E-state index is 12.5. The van der Waals surface area contributed by atoms with E-state index in [4.69, 9.17) is 4.74 Å². The summed E-state index contributed by atoms with van der Waals surface area (Å²) in [6, 6.07) is 8.40. The lowest BCUT2D eigenvalue weighted by molar-refractivity contribution is -0.116. The third kappa shape index (κ3) is 2.76. The van der Waals surface area contributed by atoms with E-state index in [0.29, 0.717) is 12.3 Å². The number of carbonyl (C=O) groups excluding carboxylic acids is 1. The Bertz CT molecular complexity index is 1050. The molecule has 1 N–H and O–H groups in total. The number of aromatic nitrogens is 3. The Labute approximate surface area is 158 Å². The Kier molecular flexibility index (Phi) is 4.13. The summed E-state index contributed by atoms with van der Waals surface area (Å²) in [5.74, 6) is 1.23. The largest absolute Gasteiger partial charge is 0.496 e. The van der Waals surface area contributed by atoms with Crippen molar-refractivity contribution in [2.45, 2.75) is 39.0 Å². The van der Waals surface area contributed by atoms with Crippen LogP contribution in [0.4, 0.5) is 5.69 Å². The van der Waals surface area contributed by atoms with E-state index < -0.39 is 0 Å². The molecule has 0 saturated carbocycles. The molecule has 0 radical (unpaired) electrons. The molecule has 6 nitrogen and oxygen atoms in total. The second-order valence-corrected chi connectivity index (χ2v) is 7.52. The number of hydrogen-bond donors (Lipinski definition) is 1. The molecule has 0 spiro atoms. The third-order valence-electron chi connectivity index (χ3n) is 5.46. The second-order valence-electron chi connectivity index (χ2n) is 7.52. The molecular weight excluding hydrogens is 340 g/mol. The highest BCUT2D eigenvalue weighted by Crippen LogP contribution is 2.43. The summed E-state index contributed by atoms with van der Waals surface area (Å²) in [7, 11) is 3.56. The van der Waals surface area contributed by atoms with Gasteiger partial charge in [-0.1, -0.05) is 31.2 Å². The Balaban J connectivity index is 1.93. The molecular formula is C21H24N4O2. The number of hydrogen-bond acceptors (Lipinski definition) is 4. The van der Waals surface area contributed by atoms with Gasteiger partial charge in [0.2, 0.25) is 5.91 Å². The highest BCUT2D eigenvalue weighted by atomic mass is 16.5. The fourth-order valence-corrected chi connectivity index (χ4v) is 4.02. The standard InChI is InChI=1S/C21H24N4O2/c1-11(2)14-9-15(12(3)8-18(14)27-5)16-10-19(26)22-20-13(16)6-7-17-21(20)23-24-25(17)4/h6-9,11,16H,10H2,1-5H3,(H,22,26). The Morgan fingerprint density at radius 1 is 1.26 bits per heavy atom. The van der Waals surface area contributed by atoms with E-state index in [2.05, 4.69) is 54.6 Å². The molecule has 0 aliphatic carbocycles. The van der Waals surface area contributed by atoms with Gasteiger partial charge in [-0.15, -0.1) is 5.10 Å². The van der Waals surface area contributed by atoms with Crippen molar-refractivity contribution in [3.8, 4) is 5.75 Å². The molecule has 3 aromatic rings. The highest BCUT2D eigenvalue weighted by molar-refractivity contribution is 6.03. The Morgan fingerprint density at radius 3 is 2.74 bits per heavy atom. The van der Waals surface area contributed by atoms with Gasteiger partial charge >= 0.3 is 0 Å². The fourth-order valence-electron chi connectivity index (χ4n) is 4.02. The highest BCUT2D eigenvalue weighted by Gasteiger charge is 2.30. The van der Waals surface area contributed by atoms with Gasteiger partial charge in [-0.3, -0.25) is 4.79 Å². The summed E-state index contributed by atoms with van der Waals surface area (Å²) in [4.78, 5) is 12.5. The van der Waals surface area contributed by atoms with Gasteiger partial charge in [-0.25, -0.2) is 4.68 Å². The van der Waals surface area contributed by atoms with E-state index in [-0.39, 0.29) is 11.8 Å². The van der Waals surface area contributed by atoms with Gasteiger partial charge in [-0.2, -0.15) is 0 Å². The average molecular weight is 364 g/mol. The summed E-state index contributed by atoms with van der Waals surface area (Å²) in [6.07, 6.45) is 0.420. The van der Waals surface area contributed by atoms with Gasteiger partial charge in [0.25, 0.3) is 0 Å². The summed E-state index contributed by atoms with van der Waals surface area (Å²) in [6.45, 7) is 6.39. The molecule has 1 aliphatic rings. The van der Waals surface area contributed by atoms with Gasteiger partial charge in [0.05, 0.1) is 18.3 Å². The van der Waals surface area contributed by atoms with E-state index in [9.17, 15) is 4.79 Å². The fraction of sp³-hybridized carbons (Fsp3) is 0.381. The number of benzene rings is 2. The van der Waals surface area contributed by atoms with E-state index in [0.717, 1.165) is 39.2 Å². The minimum Gasteiger partial charge on any atom is -0.496 e. The zero-order chi connectivity index (χ0) is 19.3. The van der Waals surface area contributed by atoms with Crippen LogP contribution in [0.2, 0.25) is 0 Å². The molecule has 27 heavy (non-hydrogen) atoms. The molecule has 4 rings (SSSR count). The van der Waals surface area contributed by atoms with Crippen molar-refractivity contribution in [3.63, 3.8) is 0 Å². The molecule has 6 heteroatoms. The van der Waals surface area contributed by atoms with Crippen LogP contribution in [0.5, 0.6) is 5.75 Å². The lowest BCUT2D eigenvalue weighted by Gasteiger charge is -2.28. The van der Waals surface area contributed by atoms with Crippen LogP contribution in [0.3, 0.4) is 0 Å². The first-order valence-electron chi connectivity index (χ1n) is 9.21. The van der Waals surface area contributed by atoms with Crippen LogP contribution in [-0.2, 0) is 11.8 Å². The number of fused-ring (bicyclic) bond motifs is 3. The zero-order valence-electron chi connectivity index (χ0n) is 16.3. The summed E-state index contributed by atoms with van der Waals surface area (Å²) < 4.78 is 7.30. The molecule has 2 heterocycles. The average Bonchev–Trinajstić information content (AvgIpc) is 3.02. The number of ether oxygens (including phenoxy) is 1. The topological polar surface area (TPSA) is 69.0 Å². The number of aryl methyl sites for hydroxylation is 2. The van der Waals surface area contributed by atoms with Crippen molar-refractivity contribution in [1.29, 1.82) is 0 Å². The number of nitrogens with zero attached hydrogens (tertiary/aromatic N) is 3. The monoisotopic (exact) mass is 364 g/mol. The molecule has 140 valence electrons. The molecule has 0 saturated heterocycles. The predicted octanol–water partition coefficient (Wildman–Crippen LogP) is 3.88. The molecule has 1 amide bonds. The van der Waals surface area contributed by atoms with E-state index in [1.165, 1.54) is 5.56 Å². The number of methoxy groups -OCH3 is 1. The van der Waals surface area contributed by atoms with Crippen LogP contribution >= 0.6 is 0 Å². The van der Waals surface area contributed by atoms with Crippen molar-refractivity contribution in [2.24, 2.45) is 7.05 Å². The molecule has 0 fully saturated rings. The van der Waals surface area contributed by atoms with Crippen LogP contribution in [0.1, 0.15) is 54.4 Å². The van der Waals surface area contributed by atoms with Crippen molar-refractivity contribution in [3.05, 3.63) is 46.5 Å². The van der Waals surface area contributed by atoms with Crippen LogP contribution in [0, 0.1) is 6.92 Å². The molecule has 2 aromatic carbocycles. The number of nitrogens with one attached hydrogen (secondary N) is 1. The molecule has 1 aromatic heterocycles. The molecule has 0 bridgehead atoms. The van der Waals surface area contributed by atoms with Gasteiger partial charge in [0.15, 0.2) is 0 Å². The molecule has 1 aliphatic heterocycles. The Hall–Kier alpha value is -2.89. The minimum absolute atomic E-state index is 0.00645. The van der Waals surface area contributed by atoms with Gasteiger partial charge in [-0.05, 0) is 47.2 Å². The third-order valence-corrected chi connectivity index (χ3v) is 5.46. The normalized spacial score (nSPS) is 16.5. The molecule has 1 unspecified atom stereocenters. The summed E-state index contributed by atoms with van der Waals surface area (Å²) >= 11 is 0. The first-order valence-corrected chi connectivity index (χ1v) is 9.21. The van der Waals surface area contributed by atoms with Crippen molar-refractivity contribution in [2.75, 3.05) is 12.4 Å². The van der Waals surface area contributed by atoms with Crippen LogP contribution in [0.25, 0.3) is 11.0 Å². The van der Waals surface area contributed by atoms with Crippen molar-refractivity contribution in [1.82, 2.24) is 15.0 Å². The van der Waals surface area contributed by atoms with Gasteiger partial charge in [0.1, 0.15) is 11.3 Å².